The van der Waals surface area contributed by atoms with E-state index in [4.69, 9.17) is 5.73 Å². The van der Waals surface area contributed by atoms with Crippen LogP contribution in [0.3, 0.4) is 0 Å². The van der Waals surface area contributed by atoms with Crippen molar-refractivity contribution in [3.05, 3.63) is 141 Å². The van der Waals surface area contributed by atoms with Crippen molar-refractivity contribution in [1.82, 2.24) is 5.32 Å². The summed E-state index contributed by atoms with van der Waals surface area (Å²) in [6, 6.07) is 16.1. The average Bonchev–Trinajstić information content (AvgIpc) is 3.57. The monoisotopic (exact) mass is 947 g/mol. The van der Waals surface area contributed by atoms with E-state index in [0.717, 1.165) is 38.5 Å². The predicted molar refractivity (Wildman–Crippen MR) is 284 cm³/mol. The second-order valence-electron chi connectivity index (χ2n) is 25.1. The molecule has 14 atom stereocenters. The molecular formula is C65H74N2O4. The van der Waals surface area contributed by atoms with Crippen molar-refractivity contribution < 1.29 is 20.1 Å². The van der Waals surface area contributed by atoms with E-state index in [1.165, 1.54) is 87.1 Å². The molecule has 3 fully saturated rings. The fourth-order valence-corrected chi connectivity index (χ4v) is 19.0. The highest BCUT2D eigenvalue weighted by Crippen LogP contribution is 2.81. The lowest BCUT2D eigenvalue weighted by Crippen LogP contribution is -2.68. The Morgan fingerprint density at radius 1 is 1.03 bits per heavy atom. The highest BCUT2D eigenvalue weighted by atomic mass is 16.4. The molecule has 2 aromatic carbocycles. The number of rotatable bonds is 8. The largest absolute Gasteiger partial charge is 0.481 e. The van der Waals surface area contributed by atoms with Crippen LogP contribution in [0.5, 0.6) is 0 Å². The number of aliphatic hydroxyl groups is 2. The topological polar surface area (TPSA) is 116 Å². The molecule has 3 saturated carbocycles. The fourth-order valence-electron chi connectivity index (χ4n) is 19.0. The Balaban J connectivity index is 0.974. The third-order valence-corrected chi connectivity index (χ3v) is 22.4. The molecule has 10 aliphatic carbocycles. The van der Waals surface area contributed by atoms with E-state index < -0.39 is 45.8 Å². The van der Waals surface area contributed by atoms with E-state index in [9.17, 15) is 20.1 Å². The van der Waals surface area contributed by atoms with E-state index in [1.54, 1.807) is 5.57 Å². The van der Waals surface area contributed by atoms with Crippen molar-refractivity contribution in [2.75, 3.05) is 6.54 Å². The molecule has 0 spiro atoms. The van der Waals surface area contributed by atoms with Crippen LogP contribution in [0.2, 0.25) is 0 Å². The van der Waals surface area contributed by atoms with Gasteiger partial charge in [-0.3, -0.25) is 4.79 Å². The molecule has 71 heavy (non-hydrogen) atoms. The summed E-state index contributed by atoms with van der Waals surface area (Å²) in [7, 11) is 0. The number of nitrogens with one attached hydrogen (secondary N) is 1. The normalized spacial score (nSPS) is 39.7. The molecular weight excluding hydrogens is 873 g/mol. The number of carboxylic acids is 1. The summed E-state index contributed by atoms with van der Waals surface area (Å²) in [6.07, 6.45) is 31.7. The summed E-state index contributed by atoms with van der Waals surface area (Å²) in [5.41, 5.74) is 16.3. The SMILES string of the molecule is C=C(CCC(C(=O)O)C1C(O)CC2(C)C3=C(CCC12C)C12CCC(O)C45CC#CC6C=Cc7ccc(C8=CC=C(N)NC8)cc7C6C6=c7ccccc7=CC1C6=CC(C=CC4)(C3)C52)C(C)C1CCCCC1. The molecule has 2 aromatic rings. The summed E-state index contributed by atoms with van der Waals surface area (Å²) in [4.78, 5) is 13.7. The van der Waals surface area contributed by atoms with Gasteiger partial charge in [-0.2, -0.15) is 0 Å². The fraction of sp³-hybridized carbons (Fsp3) is 0.523. The quantitative estimate of drug-likeness (QED) is 0.133. The molecule has 5 bridgehead atoms. The van der Waals surface area contributed by atoms with Crippen molar-refractivity contribution in [1.29, 1.82) is 0 Å². The number of aliphatic hydroxyl groups excluding tert-OH is 2. The zero-order chi connectivity index (χ0) is 48.8. The number of allylic oxidation sites excluding steroid dienone is 10. The highest BCUT2D eigenvalue weighted by molar-refractivity contribution is 5.83. The predicted octanol–water partition coefficient (Wildman–Crippen LogP) is 10.6. The molecule has 6 nitrogen and oxygen atoms in total. The number of fused-ring (bicyclic) bond motifs is 7. The summed E-state index contributed by atoms with van der Waals surface area (Å²) < 4.78 is 0. The van der Waals surface area contributed by atoms with Crippen LogP contribution in [-0.2, 0) is 4.79 Å². The Labute approximate surface area is 421 Å². The van der Waals surface area contributed by atoms with Gasteiger partial charge >= 0.3 is 5.97 Å². The first kappa shape index (κ1) is 45.7. The minimum absolute atomic E-state index is 0.0147. The third-order valence-electron chi connectivity index (χ3n) is 22.4. The first-order valence-corrected chi connectivity index (χ1v) is 27.7. The molecule has 1 heterocycles. The molecule has 0 saturated heterocycles. The van der Waals surface area contributed by atoms with Crippen LogP contribution in [-0.4, -0.2) is 40.0 Å². The van der Waals surface area contributed by atoms with Crippen molar-refractivity contribution in [2.45, 2.75) is 135 Å². The van der Waals surface area contributed by atoms with Crippen LogP contribution in [0, 0.1) is 80.3 Å². The van der Waals surface area contributed by atoms with Gasteiger partial charge in [-0.25, -0.2) is 0 Å². The Hall–Kier alpha value is -5.09. The Morgan fingerprint density at radius 3 is 2.66 bits per heavy atom. The first-order valence-electron chi connectivity index (χ1n) is 27.7. The van der Waals surface area contributed by atoms with Crippen LogP contribution in [0.4, 0.5) is 0 Å². The molecule has 0 aromatic heterocycles. The van der Waals surface area contributed by atoms with Crippen LogP contribution < -0.4 is 21.5 Å². The van der Waals surface area contributed by atoms with Crippen LogP contribution in [0.25, 0.3) is 23.3 Å². The summed E-state index contributed by atoms with van der Waals surface area (Å²) in [5, 5.41) is 42.6. The molecule has 14 unspecified atom stereocenters. The van der Waals surface area contributed by atoms with Gasteiger partial charge in [0.1, 0.15) is 0 Å². The summed E-state index contributed by atoms with van der Waals surface area (Å²) in [6.45, 7) is 12.4. The van der Waals surface area contributed by atoms with Crippen molar-refractivity contribution in [2.24, 2.45) is 74.2 Å². The maximum atomic E-state index is 13.7. The number of dihydropyridines is 1. The lowest BCUT2D eigenvalue weighted by Gasteiger charge is -2.73. The average molecular weight is 947 g/mol. The Kier molecular flexibility index (Phi) is 10.4. The van der Waals surface area contributed by atoms with Gasteiger partial charge in [-0.15, -0.1) is 5.92 Å². The summed E-state index contributed by atoms with van der Waals surface area (Å²) >= 11 is 0. The molecule has 0 radical (unpaired) electrons. The Morgan fingerprint density at radius 2 is 1.86 bits per heavy atom. The smallest absolute Gasteiger partial charge is 0.306 e. The molecule has 368 valence electrons. The van der Waals surface area contributed by atoms with E-state index in [1.807, 2.05) is 6.08 Å². The minimum Gasteiger partial charge on any atom is -0.481 e. The number of hydrogen-bond donors (Lipinski definition) is 5. The van der Waals surface area contributed by atoms with E-state index in [0.29, 0.717) is 49.9 Å². The highest BCUT2D eigenvalue weighted by Gasteiger charge is 2.75. The number of aliphatic carboxylic acids is 1. The van der Waals surface area contributed by atoms with Gasteiger partial charge in [0.15, 0.2) is 0 Å². The molecule has 0 amide bonds. The van der Waals surface area contributed by atoms with E-state index >= 15 is 0 Å². The minimum atomic E-state index is -0.771. The van der Waals surface area contributed by atoms with Gasteiger partial charge in [0.05, 0.1) is 23.9 Å². The van der Waals surface area contributed by atoms with Crippen LogP contribution >= 0.6 is 0 Å². The van der Waals surface area contributed by atoms with Crippen LogP contribution in [0.1, 0.15) is 140 Å². The van der Waals surface area contributed by atoms with Gasteiger partial charge in [-0.05, 0) is 149 Å². The van der Waals surface area contributed by atoms with E-state index in [-0.39, 0.29) is 35.0 Å². The van der Waals surface area contributed by atoms with Crippen molar-refractivity contribution in [3.63, 3.8) is 0 Å². The maximum absolute atomic E-state index is 13.7. The number of carboxylic acid groups (broad SMARTS) is 1. The zero-order valence-corrected chi connectivity index (χ0v) is 42.3. The molecule has 1 aliphatic heterocycles. The van der Waals surface area contributed by atoms with Crippen molar-refractivity contribution >= 4 is 29.3 Å². The third kappa shape index (κ3) is 6.30. The number of hydrogen-bond acceptors (Lipinski definition) is 5. The summed E-state index contributed by atoms with van der Waals surface area (Å²) in [5.74, 6) is 7.91. The molecule has 6 N–H and O–H groups in total. The molecule has 6 heteroatoms. The number of carbonyl (C=O) groups is 1. The molecule has 11 aliphatic rings. The van der Waals surface area contributed by atoms with Gasteiger partial charge in [0, 0.05) is 52.9 Å². The van der Waals surface area contributed by atoms with E-state index in [2.05, 4.69) is 130 Å². The second kappa shape index (κ2) is 16.2. The first-order chi connectivity index (χ1) is 34.2. The molecule has 13 rings (SSSR count). The number of nitrogens with two attached hydrogens (primary N) is 1. The lowest BCUT2D eigenvalue weighted by molar-refractivity contribution is -0.166. The van der Waals surface area contributed by atoms with Crippen LogP contribution in [0.15, 0.2) is 114 Å². The van der Waals surface area contributed by atoms with Crippen molar-refractivity contribution in [3.8, 4) is 11.8 Å². The number of benzene rings is 2. The zero-order valence-electron chi connectivity index (χ0n) is 42.3. The van der Waals surface area contributed by atoms with Gasteiger partial charge in [0.2, 0.25) is 0 Å². The Bertz CT molecular complexity index is 3060. The van der Waals surface area contributed by atoms with Gasteiger partial charge < -0.3 is 26.4 Å². The van der Waals surface area contributed by atoms with Gasteiger partial charge in [-0.1, -0.05) is 154 Å². The standard InChI is InChI=1S/C65H74N2O4/c1-38(39(2)40-12-6-5-7-13-40)17-23-47(59(70)71)58-53(68)36-62(4)52-35-63-27-11-29-64-28-10-15-42-20-18-41-19-21-43(45-22-24-55(66)67-37-45)32-48(41)56(42)57-46-16-9-8-14-44(46)33-51(49(57)34-63)65(60(63)64,31-26-54(64)69)50(52)25-30-61(58,62)3/h8-9,11,14,16,18-22,24,27,32-34,39-40,42,47,51,53-54,56,58,60,67-69H,1,5-7,12-13,17,23,25-26,28-31,35-37,66H2,2-4H3,(H,70,71). The maximum Gasteiger partial charge on any atom is 0.306 e. The second-order valence-corrected chi connectivity index (χ2v) is 25.1. The lowest BCUT2D eigenvalue weighted by atomic mass is 9.31. The van der Waals surface area contributed by atoms with Gasteiger partial charge in [0.25, 0.3) is 0 Å².